The van der Waals surface area contributed by atoms with Crippen LogP contribution in [0, 0.1) is 23.2 Å². The molecule has 3 aliphatic carbocycles. The summed E-state index contributed by atoms with van der Waals surface area (Å²) in [5.74, 6) is 1.32. The minimum atomic E-state index is -0.930. The van der Waals surface area contributed by atoms with Crippen molar-refractivity contribution in [2.45, 2.75) is 84.0 Å². The number of carbonyl (C=O) groups is 2. The monoisotopic (exact) mass is 642 g/mol. The van der Waals surface area contributed by atoms with Crippen molar-refractivity contribution in [3.63, 3.8) is 0 Å². The molecule has 0 unspecified atom stereocenters. The molecule has 8 nitrogen and oxygen atoms in total. The summed E-state index contributed by atoms with van der Waals surface area (Å²) in [5, 5.41) is 6.74. The largest absolute Gasteiger partial charge is 0.486 e. The predicted octanol–water partition coefficient (Wildman–Crippen LogP) is 5.90. The Kier molecular flexibility index (Phi) is 8.63. The second-order valence-electron chi connectivity index (χ2n) is 13.9. The van der Waals surface area contributed by atoms with Crippen LogP contribution in [-0.4, -0.2) is 55.8 Å². The number of benzene rings is 2. The van der Waals surface area contributed by atoms with E-state index in [0.29, 0.717) is 48.0 Å². The number of hydrogen-bond acceptors (Lipinski definition) is 6. The van der Waals surface area contributed by atoms with Crippen LogP contribution in [-0.2, 0) is 20.5 Å². The minimum absolute atomic E-state index is 0.00553. The van der Waals surface area contributed by atoms with E-state index in [0.717, 1.165) is 18.4 Å². The first-order chi connectivity index (χ1) is 20.8. The highest BCUT2D eigenvalue weighted by atomic mass is 35.5. The molecule has 11 heteroatoms. The zero-order chi connectivity index (χ0) is 31.4. The molecule has 2 aromatic carbocycles. The molecule has 0 aromatic heterocycles. The Bertz CT molecular complexity index is 1440. The van der Waals surface area contributed by atoms with Crippen molar-refractivity contribution < 1.29 is 28.4 Å². The predicted molar refractivity (Wildman–Crippen MR) is 170 cm³/mol. The van der Waals surface area contributed by atoms with Gasteiger partial charge in [-0.05, 0) is 85.3 Å². The average Bonchev–Trinajstić information content (AvgIpc) is 3.34. The van der Waals surface area contributed by atoms with E-state index in [1.807, 2.05) is 18.2 Å². The Morgan fingerprint density at radius 1 is 1.00 bits per heavy atom. The summed E-state index contributed by atoms with van der Waals surface area (Å²) in [6.07, 6.45) is 2.97. The number of nitrogens with one attached hydrogen (secondary N) is 2. The lowest BCUT2D eigenvalue weighted by atomic mass is 9.43. The highest BCUT2D eigenvalue weighted by Gasteiger charge is 2.68. The molecule has 5 aliphatic rings. The van der Waals surface area contributed by atoms with E-state index in [9.17, 15) is 9.59 Å². The Labute approximate surface area is 270 Å². The molecule has 6 atom stereocenters. The molecule has 2 heterocycles. The van der Waals surface area contributed by atoms with Crippen LogP contribution in [0.15, 0.2) is 36.4 Å². The van der Waals surface area contributed by atoms with Gasteiger partial charge >= 0.3 is 7.12 Å². The van der Waals surface area contributed by atoms with Crippen molar-refractivity contribution in [3.05, 3.63) is 57.6 Å². The van der Waals surface area contributed by atoms with Crippen molar-refractivity contribution >= 4 is 42.1 Å². The topological polar surface area (TPSA) is 95.1 Å². The van der Waals surface area contributed by atoms with Gasteiger partial charge in [-0.3, -0.25) is 9.59 Å². The number of rotatable bonds is 9. The number of fused-ring (bicyclic) bond motifs is 1. The van der Waals surface area contributed by atoms with Crippen molar-refractivity contribution in [1.29, 1.82) is 0 Å². The summed E-state index contributed by atoms with van der Waals surface area (Å²) >= 11 is 12.5. The van der Waals surface area contributed by atoms with Gasteiger partial charge in [0.05, 0.1) is 28.2 Å². The summed E-state index contributed by atoms with van der Waals surface area (Å²) in [4.78, 5) is 27.6. The quantitative estimate of drug-likeness (QED) is 0.331. The Hall–Kier alpha value is -2.46. The lowest BCUT2D eigenvalue weighted by Gasteiger charge is -2.64. The molecule has 7 rings (SSSR count). The molecule has 44 heavy (non-hydrogen) atoms. The van der Waals surface area contributed by atoms with Crippen molar-refractivity contribution in [2.75, 3.05) is 13.2 Å². The lowest BCUT2D eigenvalue weighted by molar-refractivity contribution is -0.199. The summed E-state index contributed by atoms with van der Waals surface area (Å²) in [6.45, 7) is 12.0. The lowest BCUT2D eigenvalue weighted by Crippen LogP contribution is -2.65. The van der Waals surface area contributed by atoms with E-state index < -0.39 is 30.6 Å². The smallest absolute Gasteiger partial charge is 0.481 e. The summed E-state index contributed by atoms with van der Waals surface area (Å²) in [5.41, 5.74) is 0.812. The zero-order valence-electron chi connectivity index (χ0n) is 26.0. The molecule has 0 spiro atoms. The number of carbonyl (C=O) groups excluding carboxylic acids is 2. The fourth-order valence-corrected chi connectivity index (χ4v) is 8.04. The van der Waals surface area contributed by atoms with E-state index in [4.69, 9.17) is 42.0 Å². The molecule has 3 saturated carbocycles. The summed E-state index contributed by atoms with van der Waals surface area (Å²) in [6, 6.07) is 9.29. The van der Waals surface area contributed by atoms with Gasteiger partial charge in [-0.15, -0.1) is 0 Å². The van der Waals surface area contributed by atoms with E-state index in [1.54, 1.807) is 12.1 Å². The first-order valence-electron chi connectivity index (χ1n) is 15.6. The summed E-state index contributed by atoms with van der Waals surface area (Å²) < 4.78 is 24.8. The van der Waals surface area contributed by atoms with Crippen molar-refractivity contribution in [2.24, 2.45) is 23.2 Å². The van der Waals surface area contributed by atoms with Crippen LogP contribution < -0.4 is 20.1 Å². The Balaban J connectivity index is 1.24. The van der Waals surface area contributed by atoms with Crippen LogP contribution in [0.4, 0.5) is 0 Å². The third-order valence-electron chi connectivity index (χ3n) is 10.2. The second kappa shape index (κ2) is 12.0. The molecule has 4 fully saturated rings. The SMILES string of the molecule is CC(C)C[C@H](NC(=O)[C@H](Cc1ccc2c(c1)OCCO2)NC(=O)c1cc(Cl)ccc1Cl)B1O[C@@H]2C[C@@H]3C[C@@H](C3(C)C)[C@]2(C)O1. The normalized spacial score (nSPS) is 27.6. The fourth-order valence-electron chi connectivity index (χ4n) is 7.67. The standard InChI is InChI=1S/C33H41BCl2N2O6/c1-18(2)12-29(34-43-28-16-20-15-27(32(20,3)4)33(28,5)44-34)38-31(40)24(37-30(39)22-17-21(35)7-8-23(22)36)13-19-6-9-25-26(14-19)42-11-10-41-25/h6-9,14,17-18,20,24,27-29H,10-13,15-16H2,1-5H3,(H,37,39)(H,38,40)/t20-,24-,27-,28+,29-,33-/m0/s1. The molecule has 1 saturated heterocycles. The molecule has 2 aromatic rings. The van der Waals surface area contributed by atoms with Gasteiger partial charge in [-0.2, -0.15) is 0 Å². The second-order valence-corrected chi connectivity index (χ2v) is 14.8. The highest BCUT2D eigenvalue weighted by molar-refractivity contribution is 6.48. The Morgan fingerprint density at radius 2 is 1.75 bits per heavy atom. The van der Waals surface area contributed by atoms with Gasteiger partial charge in [0.15, 0.2) is 11.5 Å². The third-order valence-corrected chi connectivity index (χ3v) is 10.8. The van der Waals surface area contributed by atoms with Crippen LogP contribution in [0.25, 0.3) is 0 Å². The maximum absolute atomic E-state index is 14.1. The molecular formula is C33H41BCl2N2O6. The van der Waals surface area contributed by atoms with Crippen LogP contribution in [0.5, 0.6) is 11.5 Å². The molecule has 236 valence electrons. The molecule has 2 N–H and O–H groups in total. The van der Waals surface area contributed by atoms with E-state index >= 15 is 0 Å². The molecule has 2 bridgehead atoms. The number of halogens is 2. The maximum Gasteiger partial charge on any atom is 0.481 e. The van der Waals surface area contributed by atoms with E-state index in [2.05, 4.69) is 45.3 Å². The van der Waals surface area contributed by atoms with Gasteiger partial charge in [0, 0.05) is 11.4 Å². The molecular weight excluding hydrogens is 602 g/mol. The third kappa shape index (κ3) is 5.93. The molecule has 2 aliphatic heterocycles. The van der Waals surface area contributed by atoms with Gasteiger partial charge in [0.25, 0.3) is 5.91 Å². The van der Waals surface area contributed by atoms with Crippen LogP contribution in [0.2, 0.25) is 10.0 Å². The van der Waals surface area contributed by atoms with Gasteiger partial charge in [-0.1, -0.05) is 57.0 Å². The summed E-state index contributed by atoms with van der Waals surface area (Å²) in [7, 11) is -0.584. The maximum atomic E-state index is 14.1. The minimum Gasteiger partial charge on any atom is -0.486 e. The van der Waals surface area contributed by atoms with Crippen molar-refractivity contribution in [1.82, 2.24) is 10.6 Å². The zero-order valence-corrected chi connectivity index (χ0v) is 27.5. The molecule has 2 amide bonds. The van der Waals surface area contributed by atoms with Crippen LogP contribution in [0.1, 0.15) is 69.8 Å². The molecule has 0 radical (unpaired) electrons. The average molecular weight is 643 g/mol. The van der Waals surface area contributed by atoms with Crippen LogP contribution in [0.3, 0.4) is 0 Å². The van der Waals surface area contributed by atoms with E-state index in [-0.39, 0.29) is 40.4 Å². The highest BCUT2D eigenvalue weighted by Crippen LogP contribution is 2.65. The number of amides is 2. The Morgan fingerprint density at radius 3 is 2.48 bits per heavy atom. The fraction of sp³-hybridized carbons (Fsp3) is 0.576. The van der Waals surface area contributed by atoms with Gasteiger partial charge in [0.1, 0.15) is 19.3 Å². The van der Waals surface area contributed by atoms with Gasteiger partial charge in [-0.25, -0.2) is 0 Å². The first-order valence-corrected chi connectivity index (χ1v) is 16.4. The van der Waals surface area contributed by atoms with Gasteiger partial charge in [0.2, 0.25) is 5.91 Å². The van der Waals surface area contributed by atoms with E-state index in [1.165, 1.54) is 6.07 Å². The van der Waals surface area contributed by atoms with Gasteiger partial charge < -0.3 is 29.4 Å². The van der Waals surface area contributed by atoms with Crippen LogP contribution >= 0.6 is 23.2 Å². The van der Waals surface area contributed by atoms with Crippen molar-refractivity contribution in [3.8, 4) is 11.5 Å². The number of hydrogen-bond donors (Lipinski definition) is 2. The number of ether oxygens (including phenoxy) is 2. The first kappa shape index (κ1) is 31.5.